The monoisotopic (exact) mass is 711 g/mol. The SMILES string of the molecule is C=C/C=C(\C=C/C)C(C)N=C(N)c1ccccc1.CC/C=C(\C=C/N/C(=C(\N)c1ccccc1)c1ccccc1)c1ccc[nH]c2ccccc2c(C)c1. The molecule has 0 fully saturated rings. The molecule has 5 aromatic rings. The van der Waals surface area contributed by atoms with Crippen molar-refractivity contribution in [3.63, 3.8) is 0 Å². The summed E-state index contributed by atoms with van der Waals surface area (Å²) >= 11 is 0. The Morgan fingerprint density at radius 1 is 0.778 bits per heavy atom. The Morgan fingerprint density at radius 2 is 1.37 bits per heavy atom. The molecule has 0 saturated carbocycles. The van der Waals surface area contributed by atoms with E-state index in [2.05, 4.69) is 102 Å². The molecule has 1 aromatic heterocycles. The lowest BCUT2D eigenvalue weighted by molar-refractivity contribution is 0.883. The highest BCUT2D eigenvalue weighted by Gasteiger charge is 2.08. The summed E-state index contributed by atoms with van der Waals surface area (Å²) in [4.78, 5) is 7.91. The van der Waals surface area contributed by atoms with Gasteiger partial charge < -0.3 is 21.8 Å². The quantitative estimate of drug-likeness (QED) is 0.0449. The molecular weight excluding hydrogens is 659 g/mol. The van der Waals surface area contributed by atoms with E-state index in [1.54, 1.807) is 6.08 Å². The van der Waals surface area contributed by atoms with Gasteiger partial charge in [0.15, 0.2) is 0 Å². The van der Waals surface area contributed by atoms with Crippen LogP contribution in [0, 0.1) is 6.92 Å². The Morgan fingerprint density at radius 3 is 2.00 bits per heavy atom. The maximum atomic E-state index is 6.64. The van der Waals surface area contributed by atoms with Crippen molar-refractivity contribution in [3.05, 3.63) is 222 Å². The molecule has 1 unspecified atom stereocenters. The number of allylic oxidation sites excluding steroid dienone is 6. The number of rotatable bonds is 12. The van der Waals surface area contributed by atoms with Crippen molar-refractivity contribution in [3.8, 4) is 0 Å². The maximum Gasteiger partial charge on any atom is 0.126 e. The van der Waals surface area contributed by atoms with E-state index >= 15 is 0 Å². The first-order chi connectivity index (χ1) is 26.4. The van der Waals surface area contributed by atoms with Gasteiger partial charge in [-0.15, -0.1) is 0 Å². The summed E-state index contributed by atoms with van der Waals surface area (Å²) in [5, 5.41) is 4.68. The molecule has 5 nitrogen and oxygen atoms in total. The Kier molecular flexibility index (Phi) is 16.1. The zero-order valence-electron chi connectivity index (χ0n) is 31.9. The highest BCUT2D eigenvalue weighted by Crippen LogP contribution is 2.23. The van der Waals surface area contributed by atoms with E-state index in [-0.39, 0.29) is 6.04 Å². The summed E-state index contributed by atoms with van der Waals surface area (Å²) in [5.74, 6) is 0.558. The molecule has 4 aromatic carbocycles. The van der Waals surface area contributed by atoms with Crippen LogP contribution in [0.15, 0.2) is 199 Å². The predicted octanol–water partition coefficient (Wildman–Crippen LogP) is 11.5. The number of nitrogens with one attached hydrogen (secondary N) is 2. The van der Waals surface area contributed by atoms with E-state index in [0.29, 0.717) is 11.5 Å². The van der Waals surface area contributed by atoms with Crippen LogP contribution in [-0.2, 0) is 0 Å². The standard InChI is InChI=1S/C33H33N3.C16H20N2/c1-3-13-26(29-18-12-22-35-31-20-11-10-19-30(31)25(2)24-29)21-23-36-33(28-16-8-5-9-17-28)32(34)27-14-6-4-7-15-27;1-4-9-14(10-5-2)13(3)18-16(17)15-11-7-6-8-12-15/h4-24,35-36H,3,34H2,1-2H3;4-13H,1H2,2-3H3,(H2,17,18)/b22-12?,23-21-,25-24?,26-13+,29-18?,33-32-;10-5-,14-9+. The van der Waals surface area contributed by atoms with Gasteiger partial charge in [-0.1, -0.05) is 165 Å². The third-order valence-corrected chi connectivity index (χ3v) is 8.55. The van der Waals surface area contributed by atoms with Crippen LogP contribution in [0.3, 0.4) is 0 Å². The maximum absolute atomic E-state index is 6.64. The number of aliphatic imine (C=N–C) groups is 1. The van der Waals surface area contributed by atoms with Gasteiger partial charge in [0.05, 0.1) is 17.4 Å². The number of nitrogens with zero attached hydrogens (tertiary/aromatic N) is 1. The number of hydrogen-bond donors (Lipinski definition) is 4. The summed E-state index contributed by atoms with van der Waals surface area (Å²) in [6.45, 7) is 12.0. The summed E-state index contributed by atoms with van der Waals surface area (Å²) in [6, 6.07) is 44.8. The first-order valence-corrected chi connectivity index (χ1v) is 18.4. The van der Waals surface area contributed by atoms with Gasteiger partial charge >= 0.3 is 0 Å². The third-order valence-electron chi connectivity index (χ3n) is 8.55. The summed E-state index contributed by atoms with van der Waals surface area (Å²) in [5.41, 5.74) is 22.9. The van der Waals surface area contributed by atoms with E-state index in [0.717, 1.165) is 51.0 Å². The zero-order chi connectivity index (χ0) is 38.5. The molecule has 0 spiro atoms. The highest BCUT2D eigenvalue weighted by molar-refractivity contribution is 5.97. The summed E-state index contributed by atoms with van der Waals surface area (Å²) < 4.78 is 0. The number of aryl methyl sites for hydroxylation is 1. The lowest BCUT2D eigenvalue weighted by Gasteiger charge is -2.13. The fourth-order valence-corrected chi connectivity index (χ4v) is 5.81. The fourth-order valence-electron chi connectivity index (χ4n) is 5.81. The minimum atomic E-state index is 0.0133. The smallest absolute Gasteiger partial charge is 0.126 e. The summed E-state index contributed by atoms with van der Waals surface area (Å²) in [6.07, 6.45) is 17.0. The van der Waals surface area contributed by atoms with Gasteiger partial charge in [0.25, 0.3) is 0 Å². The number of fused-ring (bicyclic) bond motifs is 1. The van der Waals surface area contributed by atoms with Gasteiger partial charge in [0.2, 0.25) is 0 Å². The van der Waals surface area contributed by atoms with Crippen LogP contribution in [0.4, 0.5) is 0 Å². The number of benzene rings is 4. The van der Waals surface area contributed by atoms with Gasteiger partial charge in [0.1, 0.15) is 5.84 Å². The van der Waals surface area contributed by atoms with E-state index in [1.807, 2.05) is 123 Å². The van der Waals surface area contributed by atoms with E-state index < -0.39 is 0 Å². The number of H-pyrrole nitrogens is 1. The number of aromatic amines is 1. The van der Waals surface area contributed by atoms with Crippen LogP contribution >= 0.6 is 0 Å². The second-order valence-electron chi connectivity index (χ2n) is 12.5. The number of amidine groups is 1. The molecule has 0 aliphatic carbocycles. The van der Waals surface area contributed by atoms with Crippen molar-refractivity contribution >= 4 is 33.7 Å². The molecule has 5 heteroatoms. The van der Waals surface area contributed by atoms with Crippen LogP contribution in [-0.4, -0.2) is 16.9 Å². The van der Waals surface area contributed by atoms with Gasteiger partial charge in [-0.2, -0.15) is 0 Å². The van der Waals surface area contributed by atoms with Gasteiger partial charge in [0, 0.05) is 34.4 Å². The molecule has 5 rings (SSSR count). The molecule has 1 atom stereocenters. The average Bonchev–Trinajstić information content (AvgIpc) is 3.29. The molecule has 0 aliphatic heterocycles. The van der Waals surface area contributed by atoms with Crippen LogP contribution in [0.2, 0.25) is 0 Å². The highest BCUT2D eigenvalue weighted by atomic mass is 14.9. The number of hydrogen-bond acceptors (Lipinski definition) is 3. The van der Waals surface area contributed by atoms with Crippen LogP contribution in [0.1, 0.15) is 55.0 Å². The Balaban J connectivity index is 0.000000304. The third kappa shape index (κ3) is 12.0. The first-order valence-electron chi connectivity index (χ1n) is 18.4. The molecule has 1 heterocycles. The molecule has 0 radical (unpaired) electrons. The van der Waals surface area contributed by atoms with Crippen molar-refractivity contribution in [2.24, 2.45) is 16.5 Å². The van der Waals surface area contributed by atoms with Crippen LogP contribution in [0.5, 0.6) is 0 Å². The van der Waals surface area contributed by atoms with E-state index in [9.17, 15) is 0 Å². The first kappa shape index (κ1) is 40.2. The largest absolute Gasteiger partial charge is 0.397 e. The van der Waals surface area contributed by atoms with Crippen molar-refractivity contribution in [1.82, 2.24) is 10.3 Å². The summed E-state index contributed by atoms with van der Waals surface area (Å²) in [7, 11) is 0. The minimum absolute atomic E-state index is 0.0133. The molecule has 0 bridgehead atoms. The second kappa shape index (κ2) is 21.7. The second-order valence-corrected chi connectivity index (χ2v) is 12.5. The minimum Gasteiger partial charge on any atom is -0.397 e. The number of aromatic nitrogens is 1. The lowest BCUT2D eigenvalue weighted by Crippen LogP contribution is -2.17. The molecule has 0 aliphatic rings. The van der Waals surface area contributed by atoms with E-state index in [1.165, 1.54) is 10.9 Å². The van der Waals surface area contributed by atoms with Gasteiger partial charge in [-0.05, 0) is 73.2 Å². The molecule has 54 heavy (non-hydrogen) atoms. The fraction of sp³-hybridized carbons (Fsp3) is 0.122. The van der Waals surface area contributed by atoms with Gasteiger partial charge in [-0.25, -0.2) is 0 Å². The topological polar surface area (TPSA) is 92.2 Å². The van der Waals surface area contributed by atoms with Crippen molar-refractivity contribution in [2.75, 3.05) is 0 Å². The van der Waals surface area contributed by atoms with Crippen LogP contribution < -0.4 is 16.8 Å². The Bertz CT molecular complexity index is 2180. The van der Waals surface area contributed by atoms with Crippen molar-refractivity contribution < 1.29 is 0 Å². The molecule has 0 amide bonds. The average molecular weight is 712 g/mol. The molecule has 274 valence electrons. The number of nitrogens with two attached hydrogens (primary N) is 2. The van der Waals surface area contributed by atoms with Crippen molar-refractivity contribution in [2.45, 2.75) is 40.2 Å². The van der Waals surface area contributed by atoms with E-state index in [4.69, 9.17) is 11.5 Å². The Labute approximate surface area is 321 Å². The predicted molar refractivity (Wildman–Crippen MR) is 235 cm³/mol. The lowest BCUT2D eigenvalue weighted by atomic mass is 10.0. The molecular formula is C49H53N5. The van der Waals surface area contributed by atoms with Gasteiger partial charge in [-0.3, -0.25) is 4.99 Å². The van der Waals surface area contributed by atoms with Crippen molar-refractivity contribution in [1.29, 1.82) is 0 Å². The zero-order valence-corrected chi connectivity index (χ0v) is 31.9. The normalized spacial score (nSPS) is 13.1. The molecule has 6 N–H and O–H groups in total. The van der Waals surface area contributed by atoms with Crippen LogP contribution in [0.25, 0.3) is 27.9 Å². The molecule has 0 saturated heterocycles. The number of para-hydroxylation sites is 1. The Hall–Kier alpha value is -6.59.